The maximum absolute atomic E-state index is 12.5. The molecule has 0 spiro atoms. The number of hydrogen-bond acceptors (Lipinski definition) is 3. The molecule has 0 saturated heterocycles. The summed E-state index contributed by atoms with van der Waals surface area (Å²) in [6.07, 6.45) is 0. The Kier molecular flexibility index (Phi) is 3.94. The van der Waals surface area contributed by atoms with Gasteiger partial charge >= 0.3 is 0 Å². The highest BCUT2D eigenvalue weighted by Crippen LogP contribution is 2.24. The van der Waals surface area contributed by atoms with Crippen LogP contribution < -0.4 is 0 Å². The molecule has 19 heavy (non-hydrogen) atoms. The number of aryl methyl sites for hydroxylation is 1. The Hall–Kier alpha value is -0.980. The SMILES string of the molecule is CC1=C(C)C[S@@](=O)N(S(=O)(=O)c2ccc(C)cc2)C1. The van der Waals surface area contributed by atoms with Crippen molar-refractivity contribution < 1.29 is 12.6 Å². The van der Waals surface area contributed by atoms with Crippen LogP contribution in [-0.4, -0.2) is 28.6 Å². The van der Waals surface area contributed by atoms with Crippen LogP contribution in [0.5, 0.6) is 0 Å². The predicted octanol–water partition coefficient (Wildman–Crippen LogP) is 2.00. The summed E-state index contributed by atoms with van der Waals surface area (Å²) in [6.45, 7) is 5.87. The van der Waals surface area contributed by atoms with Crippen molar-refractivity contribution in [1.29, 1.82) is 0 Å². The van der Waals surface area contributed by atoms with Crippen molar-refractivity contribution in [2.45, 2.75) is 25.7 Å². The minimum absolute atomic E-state index is 0.193. The van der Waals surface area contributed by atoms with E-state index in [0.717, 1.165) is 20.4 Å². The van der Waals surface area contributed by atoms with Crippen LogP contribution in [0.15, 0.2) is 40.3 Å². The number of rotatable bonds is 2. The normalized spacial score (nSPS) is 21.7. The minimum atomic E-state index is -3.69. The zero-order valence-corrected chi connectivity index (χ0v) is 12.8. The highest BCUT2D eigenvalue weighted by Gasteiger charge is 2.32. The maximum Gasteiger partial charge on any atom is 0.254 e. The van der Waals surface area contributed by atoms with Crippen LogP contribution in [-0.2, 0) is 21.0 Å². The molecular weight excluding hydrogens is 282 g/mol. The van der Waals surface area contributed by atoms with Gasteiger partial charge in [0.25, 0.3) is 10.0 Å². The molecule has 1 aromatic rings. The lowest BCUT2D eigenvalue weighted by Crippen LogP contribution is -2.38. The summed E-state index contributed by atoms with van der Waals surface area (Å²) in [7, 11) is -5.20. The maximum atomic E-state index is 12.5. The van der Waals surface area contributed by atoms with Gasteiger partial charge in [0.05, 0.1) is 10.6 Å². The van der Waals surface area contributed by atoms with Crippen molar-refractivity contribution in [3.05, 3.63) is 41.0 Å². The van der Waals surface area contributed by atoms with Crippen molar-refractivity contribution in [2.24, 2.45) is 0 Å². The Labute approximate surface area is 116 Å². The lowest BCUT2D eigenvalue weighted by Gasteiger charge is -2.26. The molecule has 104 valence electrons. The topological polar surface area (TPSA) is 54.5 Å². The van der Waals surface area contributed by atoms with E-state index in [-0.39, 0.29) is 17.2 Å². The molecule has 0 fully saturated rings. The third kappa shape index (κ3) is 2.80. The molecule has 0 bridgehead atoms. The molecule has 0 N–H and O–H groups in total. The van der Waals surface area contributed by atoms with E-state index in [1.54, 1.807) is 24.3 Å². The molecule has 2 rings (SSSR count). The van der Waals surface area contributed by atoms with Crippen LogP contribution >= 0.6 is 0 Å². The summed E-state index contributed by atoms with van der Waals surface area (Å²) >= 11 is 0. The van der Waals surface area contributed by atoms with E-state index in [1.807, 2.05) is 20.8 Å². The van der Waals surface area contributed by atoms with E-state index in [9.17, 15) is 12.6 Å². The molecule has 0 aliphatic carbocycles. The second-order valence-corrected chi connectivity index (χ2v) is 8.27. The van der Waals surface area contributed by atoms with Gasteiger partial charge in [-0.2, -0.15) is 0 Å². The van der Waals surface area contributed by atoms with Gasteiger partial charge < -0.3 is 0 Å². The largest absolute Gasteiger partial charge is 0.254 e. The third-order valence-electron chi connectivity index (χ3n) is 3.25. The lowest BCUT2D eigenvalue weighted by molar-refractivity contribution is 0.537. The monoisotopic (exact) mass is 299 g/mol. The van der Waals surface area contributed by atoms with Crippen LogP contribution in [0.3, 0.4) is 0 Å². The van der Waals surface area contributed by atoms with E-state index < -0.39 is 21.0 Å². The summed E-state index contributed by atoms with van der Waals surface area (Å²) in [6, 6.07) is 6.60. The van der Waals surface area contributed by atoms with Crippen LogP contribution in [0.1, 0.15) is 19.4 Å². The Balaban J connectivity index is 2.41. The Morgan fingerprint density at radius 3 is 2.21 bits per heavy atom. The molecule has 0 radical (unpaired) electrons. The van der Waals surface area contributed by atoms with Crippen molar-refractivity contribution in [2.75, 3.05) is 12.3 Å². The van der Waals surface area contributed by atoms with Crippen molar-refractivity contribution in [3.63, 3.8) is 0 Å². The van der Waals surface area contributed by atoms with E-state index in [1.165, 1.54) is 0 Å². The molecular formula is C13H17NO3S2. The average molecular weight is 299 g/mol. The second kappa shape index (κ2) is 5.19. The molecule has 4 nitrogen and oxygen atoms in total. The zero-order valence-electron chi connectivity index (χ0n) is 11.2. The molecule has 1 aliphatic rings. The van der Waals surface area contributed by atoms with E-state index in [4.69, 9.17) is 0 Å². The summed E-state index contributed by atoms with van der Waals surface area (Å²) in [5.74, 6) is 0.289. The number of sulfonamides is 1. The first kappa shape index (κ1) is 14.4. The van der Waals surface area contributed by atoms with Crippen molar-refractivity contribution >= 4 is 21.0 Å². The predicted molar refractivity (Wildman–Crippen MR) is 76.5 cm³/mol. The lowest BCUT2D eigenvalue weighted by atomic mass is 10.2. The Morgan fingerprint density at radius 2 is 1.63 bits per heavy atom. The van der Waals surface area contributed by atoms with Gasteiger partial charge in [0.1, 0.15) is 11.0 Å². The van der Waals surface area contributed by atoms with Crippen LogP contribution in [0.25, 0.3) is 0 Å². The fourth-order valence-corrected chi connectivity index (χ4v) is 5.27. The third-order valence-corrected chi connectivity index (χ3v) is 7.13. The van der Waals surface area contributed by atoms with Gasteiger partial charge in [-0.25, -0.2) is 12.6 Å². The standard InChI is InChI=1S/C13H17NO3S2/c1-10-4-6-13(7-5-10)19(16,17)14-8-11(2)12(3)9-18(14)15/h4-7H,8-9H2,1-3H3/t18-/m1/s1. The molecule has 0 unspecified atom stereocenters. The van der Waals surface area contributed by atoms with Gasteiger partial charge in [-0.15, -0.1) is 3.71 Å². The first-order valence-electron chi connectivity index (χ1n) is 5.95. The van der Waals surface area contributed by atoms with Gasteiger partial charge in [-0.3, -0.25) is 0 Å². The quantitative estimate of drug-likeness (QED) is 0.785. The van der Waals surface area contributed by atoms with E-state index in [2.05, 4.69) is 0 Å². The van der Waals surface area contributed by atoms with E-state index in [0.29, 0.717) is 0 Å². The first-order chi connectivity index (χ1) is 8.82. The van der Waals surface area contributed by atoms with Gasteiger partial charge in [0, 0.05) is 6.54 Å². The molecule has 1 aliphatic heterocycles. The fraction of sp³-hybridized carbons (Fsp3) is 0.385. The molecule has 0 amide bonds. The highest BCUT2D eigenvalue weighted by atomic mass is 32.3. The molecule has 1 atom stereocenters. The van der Waals surface area contributed by atoms with Gasteiger partial charge in [-0.05, 0) is 32.9 Å². The second-order valence-electron chi connectivity index (χ2n) is 4.81. The average Bonchev–Trinajstić information content (AvgIpc) is 2.34. The summed E-state index contributed by atoms with van der Waals surface area (Å²) in [4.78, 5) is 0.193. The number of nitrogens with zero attached hydrogens (tertiary/aromatic N) is 1. The smallest absolute Gasteiger partial charge is 0.241 e. The van der Waals surface area contributed by atoms with Crippen LogP contribution in [0.4, 0.5) is 0 Å². The number of hydrogen-bond donors (Lipinski definition) is 0. The van der Waals surface area contributed by atoms with Crippen molar-refractivity contribution in [1.82, 2.24) is 3.71 Å². The molecule has 0 aromatic heterocycles. The van der Waals surface area contributed by atoms with Crippen molar-refractivity contribution in [3.8, 4) is 0 Å². The summed E-state index contributed by atoms with van der Waals surface area (Å²) < 4.78 is 38.1. The zero-order chi connectivity index (χ0) is 14.2. The van der Waals surface area contributed by atoms with Crippen LogP contribution in [0.2, 0.25) is 0 Å². The minimum Gasteiger partial charge on any atom is -0.241 e. The van der Waals surface area contributed by atoms with Gasteiger partial charge in [0.15, 0.2) is 0 Å². The Bertz CT molecular complexity index is 645. The van der Waals surface area contributed by atoms with E-state index >= 15 is 0 Å². The summed E-state index contributed by atoms with van der Waals surface area (Å²) in [5, 5.41) is 0. The molecule has 0 saturated carbocycles. The van der Waals surface area contributed by atoms with Gasteiger partial charge in [-0.1, -0.05) is 28.8 Å². The fourth-order valence-electron chi connectivity index (χ4n) is 1.80. The Morgan fingerprint density at radius 1 is 1.05 bits per heavy atom. The molecule has 1 aromatic carbocycles. The first-order valence-corrected chi connectivity index (χ1v) is 8.67. The van der Waals surface area contributed by atoms with Gasteiger partial charge in [0.2, 0.25) is 0 Å². The molecule has 1 heterocycles. The molecule has 6 heteroatoms. The highest BCUT2D eigenvalue weighted by molar-refractivity contribution is 8.01. The summed E-state index contributed by atoms with van der Waals surface area (Å²) in [5.41, 5.74) is 2.97. The number of benzene rings is 1. The van der Waals surface area contributed by atoms with Crippen LogP contribution in [0, 0.1) is 6.92 Å².